The number of pyridine rings is 2. The number of ether oxygens (including phenoxy) is 1. The Kier molecular flexibility index (Phi) is 6.50. The van der Waals surface area contributed by atoms with Gasteiger partial charge in [-0.15, -0.1) is 0 Å². The first-order valence-electron chi connectivity index (χ1n) is 10.9. The minimum Gasteiger partial charge on any atom is -0.494 e. The van der Waals surface area contributed by atoms with Crippen LogP contribution in [0.4, 0.5) is 0 Å². The third-order valence-electron chi connectivity index (χ3n) is 5.38. The molecule has 0 fully saturated rings. The molecule has 32 heavy (non-hydrogen) atoms. The van der Waals surface area contributed by atoms with Crippen LogP contribution in [0.2, 0.25) is 0 Å². The van der Waals surface area contributed by atoms with Gasteiger partial charge in [0.2, 0.25) is 0 Å². The maximum Gasteiger partial charge on any atom is 0.254 e. The van der Waals surface area contributed by atoms with Gasteiger partial charge in [0.15, 0.2) is 0 Å². The van der Waals surface area contributed by atoms with E-state index in [1.165, 1.54) is 0 Å². The fourth-order valence-corrected chi connectivity index (χ4v) is 4.04. The van der Waals surface area contributed by atoms with E-state index in [1.54, 1.807) is 18.6 Å². The summed E-state index contributed by atoms with van der Waals surface area (Å²) in [5.74, 6) is 0.838. The second kappa shape index (κ2) is 9.64. The highest BCUT2D eigenvalue weighted by atomic mass is 16.5. The van der Waals surface area contributed by atoms with Crippen molar-refractivity contribution in [2.45, 2.75) is 39.8 Å². The zero-order valence-corrected chi connectivity index (χ0v) is 18.7. The van der Waals surface area contributed by atoms with Crippen molar-refractivity contribution in [1.82, 2.24) is 19.9 Å². The summed E-state index contributed by atoms with van der Waals surface area (Å²) in [6.45, 7) is 7.79. The number of nitrogens with one attached hydrogen (secondary N) is 1. The molecular weight excluding hydrogens is 400 g/mol. The van der Waals surface area contributed by atoms with Gasteiger partial charge < -0.3 is 14.6 Å². The number of aromatic nitrogens is 3. The highest BCUT2D eigenvalue weighted by Gasteiger charge is 2.25. The first kappa shape index (κ1) is 21.6. The monoisotopic (exact) mass is 428 g/mol. The number of nitrogens with zero attached hydrogens (tertiary/aromatic N) is 3. The van der Waals surface area contributed by atoms with E-state index in [-0.39, 0.29) is 11.8 Å². The molecule has 4 rings (SSSR count). The Bertz CT molecular complexity index is 1200. The molecule has 4 aromatic rings. The summed E-state index contributed by atoms with van der Waals surface area (Å²) in [6.07, 6.45) is 5.29. The van der Waals surface area contributed by atoms with E-state index < -0.39 is 0 Å². The molecule has 1 N–H and O–H groups in total. The van der Waals surface area contributed by atoms with Crippen molar-refractivity contribution >= 4 is 16.8 Å². The van der Waals surface area contributed by atoms with Crippen molar-refractivity contribution in [3.05, 3.63) is 89.6 Å². The lowest BCUT2D eigenvalue weighted by molar-refractivity contribution is 0.0951. The van der Waals surface area contributed by atoms with Crippen LogP contribution < -0.4 is 10.1 Å². The topological polar surface area (TPSA) is 69.0 Å². The van der Waals surface area contributed by atoms with Gasteiger partial charge >= 0.3 is 0 Å². The molecule has 0 atom stereocenters. The Hall–Kier alpha value is -3.67. The molecule has 0 radical (unpaired) electrons. The number of carbonyl (C=O) groups excluding carboxylic acids is 1. The fourth-order valence-electron chi connectivity index (χ4n) is 4.04. The Labute approximate surface area is 188 Å². The molecule has 0 aliphatic rings. The average molecular weight is 429 g/mol. The average Bonchev–Trinajstić information content (AvgIpc) is 3.13. The van der Waals surface area contributed by atoms with Crippen molar-refractivity contribution in [3.63, 3.8) is 0 Å². The summed E-state index contributed by atoms with van der Waals surface area (Å²) in [7, 11) is 0. The lowest BCUT2D eigenvalue weighted by atomic mass is 10.0. The fraction of sp³-hybridized carbons (Fsp3) is 0.269. The van der Waals surface area contributed by atoms with Crippen molar-refractivity contribution in [2.75, 3.05) is 6.61 Å². The van der Waals surface area contributed by atoms with E-state index in [1.807, 2.05) is 55.5 Å². The summed E-state index contributed by atoms with van der Waals surface area (Å²) >= 11 is 0. The molecule has 3 aromatic heterocycles. The van der Waals surface area contributed by atoms with Gasteiger partial charge in [-0.3, -0.25) is 14.8 Å². The van der Waals surface area contributed by atoms with Gasteiger partial charge in [-0.25, -0.2) is 0 Å². The van der Waals surface area contributed by atoms with Gasteiger partial charge in [0, 0.05) is 42.3 Å². The SMILES string of the molecule is CCOc1ccc2c(C(=O)NCc3cccnc3)c(C(C)C)n(Cc3ccccn3)c2c1. The predicted octanol–water partition coefficient (Wildman–Crippen LogP) is 4.93. The normalized spacial score (nSPS) is 11.1. The Balaban J connectivity index is 1.81. The van der Waals surface area contributed by atoms with Gasteiger partial charge in [-0.2, -0.15) is 0 Å². The summed E-state index contributed by atoms with van der Waals surface area (Å²) in [6, 6.07) is 15.7. The number of carbonyl (C=O) groups is 1. The van der Waals surface area contributed by atoms with Gasteiger partial charge in [-0.05, 0) is 48.7 Å². The van der Waals surface area contributed by atoms with Crippen molar-refractivity contribution in [2.24, 2.45) is 0 Å². The molecule has 0 aliphatic carbocycles. The highest BCUT2D eigenvalue weighted by Crippen LogP contribution is 2.34. The minimum atomic E-state index is -0.0912. The van der Waals surface area contributed by atoms with E-state index in [9.17, 15) is 4.79 Å². The predicted molar refractivity (Wildman–Crippen MR) is 126 cm³/mol. The molecule has 0 unspecified atom stereocenters. The molecule has 6 heteroatoms. The van der Waals surface area contributed by atoms with Crippen LogP contribution in [0.1, 0.15) is 54.0 Å². The van der Waals surface area contributed by atoms with E-state index in [2.05, 4.69) is 33.7 Å². The smallest absolute Gasteiger partial charge is 0.254 e. The summed E-state index contributed by atoms with van der Waals surface area (Å²) in [5, 5.41) is 3.99. The van der Waals surface area contributed by atoms with Gasteiger partial charge in [0.25, 0.3) is 5.91 Å². The van der Waals surface area contributed by atoms with Crippen molar-refractivity contribution in [3.8, 4) is 5.75 Å². The van der Waals surface area contributed by atoms with Crippen LogP contribution in [-0.2, 0) is 13.1 Å². The molecule has 0 spiro atoms. The number of hydrogen-bond donors (Lipinski definition) is 1. The second-order valence-electron chi connectivity index (χ2n) is 7.98. The molecule has 6 nitrogen and oxygen atoms in total. The summed E-state index contributed by atoms with van der Waals surface area (Å²) in [5.41, 5.74) is 4.57. The zero-order valence-electron chi connectivity index (χ0n) is 18.7. The van der Waals surface area contributed by atoms with Crippen molar-refractivity contribution < 1.29 is 9.53 Å². The van der Waals surface area contributed by atoms with Crippen LogP contribution >= 0.6 is 0 Å². The van der Waals surface area contributed by atoms with E-state index >= 15 is 0 Å². The molecule has 1 aromatic carbocycles. The van der Waals surface area contributed by atoms with E-state index in [0.29, 0.717) is 25.3 Å². The molecule has 0 saturated carbocycles. The number of rotatable bonds is 8. The third kappa shape index (κ3) is 4.49. The number of hydrogen-bond acceptors (Lipinski definition) is 4. The number of benzene rings is 1. The minimum absolute atomic E-state index is 0.0912. The van der Waals surface area contributed by atoms with Gasteiger partial charge in [0.1, 0.15) is 5.75 Å². The Morgan fingerprint density at radius 3 is 2.69 bits per heavy atom. The van der Waals surface area contributed by atoms with E-state index in [0.717, 1.165) is 33.6 Å². The largest absolute Gasteiger partial charge is 0.494 e. The van der Waals surface area contributed by atoms with Crippen LogP contribution in [0.3, 0.4) is 0 Å². The van der Waals surface area contributed by atoms with Crippen LogP contribution in [-0.4, -0.2) is 27.0 Å². The van der Waals surface area contributed by atoms with Crippen LogP contribution in [0.25, 0.3) is 10.9 Å². The van der Waals surface area contributed by atoms with Crippen LogP contribution in [0, 0.1) is 0 Å². The first-order chi connectivity index (χ1) is 15.6. The van der Waals surface area contributed by atoms with Crippen molar-refractivity contribution in [1.29, 1.82) is 0 Å². The first-order valence-corrected chi connectivity index (χ1v) is 10.9. The lowest BCUT2D eigenvalue weighted by Crippen LogP contribution is -2.24. The Morgan fingerprint density at radius 2 is 2.00 bits per heavy atom. The molecule has 0 aliphatic heterocycles. The van der Waals surface area contributed by atoms with Gasteiger partial charge in [-0.1, -0.05) is 26.0 Å². The molecule has 0 saturated heterocycles. The molecule has 3 heterocycles. The van der Waals surface area contributed by atoms with Crippen LogP contribution in [0.5, 0.6) is 5.75 Å². The number of fused-ring (bicyclic) bond motifs is 1. The standard InChI is InChI=1S/C26H28N4O2/c1-4-32-21-10-11-22-23(14-21)30(17-20-9-5-6-13-28-20)25(18(2)3)24(22)26(31)29-16-19-8-7-12-27-15-19/h5-15,18H,4,16-17H2,1-3H3,(H,29,31). The maximum absolute atomic E-state index is 13.4. The van der Waals surface area contributed by atoms with Gasteiger partial charge in [0.05, 0.1) is 29.9 Å². The maximum atomic E-state index is 13.4. The summed E-state index contributed by atoms with van der Waals surface area (Å²) < 4.78 is 7.96. The second-order valence-corrected chi connectivity index (χ2v) is 7.98. The lowest BCUT2D eigenvalue weighted by Gasteiger charge is -2.15. The van der Waals surface area contributed by atoms with Crippen LogP contribution in [0.15, 0.2) is 67.1 Å². The quantitative estimate of drug-likeness (QED) is 0.432. The Morgan fingerprint density at radius 1 is 1.12 bits per heavy atom. The molecule has 164 valence electrons. The molecule has 0 bridgehead atoms. The number of amides is 1. The highest BCUT2D eigenvalue weighted by molar-refractivity contribution is 6.09. The zero-order chi connectivity index (χ0) is 22.5. The molecular formula is C26H28N4O2. The third-order valence-corrected chi connectivity index (χ3v) is 5.38. The van der Waals surface area contributed by atoms with E-state index in [4.69, 9.17) is 4.74 Å². The molecule has 1 amide bonds. The summed E-state index contributed by atoms with van der Waals surface area (Å²) in [4.78, 5) is 22.1.